The van der Waals surface area contributed by atoms with Crippen LogP contribution in [0.25, 0.3) is 10.9 Å². The molecular formula is C16H20N2O. The maximum atomic E-state index is 9.71. The summed E-state index contributed by atoms with van der Waals surface area (Å²) in [5, 5.41) is 14.4. The Balaban J connectivity index is 1.71. The normalized spacial score (nSPS) is 23.4. The number of benzene rings is 1. The van der Waals surface area contributed by atoms with Gasteiger partial charge in [0.25, 0.3) is 0 Å². The van der Waals surface area contributed by atoms with E-state index in [1.165, 1.54) is 11.8 Å². The number of rotatable bonds is 3. The van der Waals surface area contributed by atoms with Crippen LogP contribution in [0.2, 0.25) is 0 Å². The lowest BCUT2D eigenvalue weighted by Gasteiger charge is -2.26. The average molecular weight is 256 g/mol. The maximum absolute atomic E-state index is 9.71. The second-order valence-corrected chi connectivity index (χ2v) is 5.44. The minimum absolute atomic E-state index is 0.102. The summed E-state index contributed by atoms with van der Waals surface area (Å²) in [4.78, 5) is 4.37. The van der Waals surface area contributed by atoms with Crippen molar-refractivity contribution in [3.63, 3.8) is 0 Å². The van der Waals surface area contributed by atoms with Crippen LogP contribution in [-0.2, 0) is 0 Å². The second-order valence-electron chi connectivity index (χ2n) is 5.44. The molecule has 1 aromatic carbocycles. The zero-order chi connectivity index (χ0) is 13.1. The molecule has 2 N–H and O–H groups in total. The van der Waals surface area contributed by atoms with Crippen molar-refractivity contribution in [2.24, 2.45) is 5.92 Å². The molecule has 0 amide bonds. The Bertz CT molecular complexity index is 550. The molecule has 1 aliphatic carbocycles. The Morgan fingerprint density at radius 1 is 1.21 bits per heavy atom. The molecule has 3 heteroatoms. The smallest absolute Gasteiger partial charge is 0.0722 e. The minimum Gasteiger partial charge on any atom is -0.393 e. The molecule has 0 spiro atoms. The van der Waals surface area contributed by atoms with Crippen LogP contribution >= 0.6 is 0 Å². The monoisotopic (exact) mass is 256 g/mol. The molecule has 0 saturated heterocycles. The van der Waals surface area contributed by atoms with Gasteiger partial charge >= 0.3 is 0 Å². The predicted octanol–water partition coefficient (Wildman–Crippen LogP) is 3.20. The number of aromatic nitrogens is 1. The Morgan fingerprint density at radius 3 is 3.00 bits per heavy atom. The quantitative estimate of drug-likeness (QED) is 0.886. The molecule has 2 unspecified atom stereocenters. The van der Waals surface area contributed by atoms with Crippen molar-refractivity contribution in [1.82, 2.24) is 4.98 Å². The molecular weight excluding hydrogens is 236 g/mol. The van der Waals surface area contributed by atoms with Gasteiger partial charge in [0.1, 0.15) is 0 Å². The average Bonchev–Trinajstić information content (AvgIpc) is 2.45. The fourth-order valence-electron chi connectivity index (χ4n) is 2.95. The van der Waals surface area contributed by atoms with Crippen LogP contribution in [-0.4, -0.2) is 22.7 Å². The summed E-state index contributed by atoms with van der Waals surface area (Å²) in [5.74, 6) is 0.579. The largest absolute Gasteiger partial charge is 0.393 e. The lowest BCUT2D eigenvalue weighted by Crippen LogP contribution is -2.25. The molecule has 1 aliphatic rings. The summed E-state index contributed by atoms with van der Waals surface area (Å²) in [7, 11) is 0. The topological polar surface area (TPSA) is 45.1 Å². The fourth-order valence-corrected chi connectivity index (χ4v) is 2.95. The number of hydrogen-bond acceptors (Lipinski definition) is 3. The number of hydrogen-bond donors (Lipinski definition) is 2. The molecule has 2 aromatic rings. The van der Waals surface area contributed by atoms with E-state index < -0.39 is 0 Å². The Kier molecular flexibility index (Phi) is 3.65. The standard InChI is InChI=1S/C16H20N2O/c19-13-5-3-4-12(10-13)11-18-16-8-9-17-15-7-2-1-6-14(15)16/h1-2,6-9,12-13,19H,3-5,10-11H2,(H,17,18). The van der Waals surface area contributed by atoms with Crippen molar-refractivity contribution in [2.75, 3.05) is 11.9 Å². The molecule has 2 atom stereocenters. The van der Waals surface area contributed by atoms with E-state index in [0.717, 1.165) is 37.0 Å². The third-order valence-electron chi connectivity index (χ3n) is 3.99. The first-order valence-electron chi connectivity index (χ1n) is 7.08. The summed E-state index contributed by atoms with van der Waals surface area (Å²) < 4.78 is 0. The zero-order valence-corrected chi connectivity index (χ0v) is 11.0. The van der Waals surface area contributed by atoms with Crippen molar-refractivity contribution >= 4 is 16.6 Å². The van der Waals surface area contributed by atoms with Crippen molar-refractivity contribution in [1.29, 1.82) is 0 Å². The van der Waals surface area contributed by atoms with Crippen molar-refractivity contribution in [2.45, 2.75) is 31.8 Å². The van der Waals surface area contributed by atoms with Gasteiger partial charge in [-0.15, -0.1) is 0 Å². The summed E-state index contributed by atoms with van der Waals surface area (Å²) in [5.41, 5.74) is 2.17. The van der Waals surface area contributed by atoms with Gasteiger partial charge in [-0.1, -0.05) is 24.6 Å². The van der Waals surface area contributed by atoms with Gasteiger partial charge in [0.15, 0.2) is 0 Å². The zero-order valence-electron chi connectivity index (χ0n) is 11.0. The second kappa shape index (κ2) is 5.57. The predicted molar refractivity (Wildman–Crippen MR) is 78.2 cm³/mol. The van der Waals surface area contributed by atoms with E-state index >= 15 is 0 Å². The highest BCUT2D eigenvalue weighted by Gasteiger charge is 2.19. The molecule has 0 radical (unpaired) electrons. The third kappa shape index (κ3) is 2.87. The van der Waals surface area contributed by atoms with Crippen LogP contribution in [0, 0.1) is 5.92 Å². The van der Waals surface area contributed by atoms with E-state index in [0.29, 0.717) is 5.92 Å². The number of nitrogens with zero attached hydrogens (tertiary/aromatic N) is 1. The molecule has 19 heavy (non-hydrogen) atoms. The summed E-state index contributed by atoms with van der Waals surface area (Å²) in [6, 6.07) is 10.2. The first-order valence-corrected chi connectivity index (χ1v) is 7.08. The number of pyridine rings is 1. The van der Waals surface area contributed by atoms with Crippen LogP contribution in [0.4, 0.5) is 5.69 Å². The number of para-hydroxylation sites is 1. The van der Waals surface area contributed by atoms with Gasteiger partial charge < -0.3 is 10.4 Å². The maximum Gasteiger partial charge on any atom is 0.0722 e. The molecule has 3 nitrogen and oxygen atoms in total. The van der Waals surface area contributed by atoms with Crippen LogP contribution < -0.4 is 5.32 Å². The van der Waals surface area contributed by atoms with Gasteiger partial charge in [0, 0.05) is 23.8 Å². The summed E-state index contributed by atoms with van der Waals surface area (Å²) >= 11 is 0. The number of aliphatic hydroxyl groups is 1. The van der Waals surface area contributed by atoms with E-state index in [-0.39, 0.29) is 6.10 Å². The number of nitrogens with one attached hydrogen (secondary N) is 1. The molecule has 0 aliphatic heterocycles. The highest BCUT2D eigenvalue weighted by Crippen LogP contribution is 2.26. The number of aliphatic hydroxyl groups excluding tert-OH is 1. The van der Waals surface area contributed by atoms with Crippen LogP contribution in [0.1, 0.15) is 25.7 Å². The lowest BCUT2D eigenvalue weighted by atomic mass is 9.87. The number of fused-ring (bicyclic) bond motifs is 1. The lowest BCUT2D eigenvalue weighted by molar-refractivity contribution is 0.105. The molecule has 1 saturated carbocycles. The summed E-state index contributed by atoms with van der Waals surface area (Å²) in [6.07, 6.45) is 6.00. The van der Waals surface area contributed by atoms with Crippen molar-refractivity contribution in [3.05, 3.63) is 36.5 Å². The highest BCUT2D eigenvalue weighted by molar-refractivity contribution is 5.90. The van der Waals surface area contributed by atoms with Gasteiger partial charge in [0.2, 0.25) is 0 Å². The molecule has 1 fully saturated rings. The molecule has 100 valence electrons. The molecule has 0 bridgehead atoms. The Labute approximate surface area is 113 Å². The van der Waals surface area contributed by atoms with Crippen molar-refractivity contribution in [3.8, 4) is 0 Å². The SMILES string of the molecule is OC1CCCC(CNc2ccnc3ccccc23)C1. The van der Waals surface area contributed by atoms with Gasteiger partial charge in [-0.3, -0.25) is 4.98 Å². The Morgan fingerprint density at radius 2 is 2.11 bits per heavy atom. The highest BCUT2D eigenvalue weighted by atomic mass is 16.3. The van der Waals surface area contributed by atoms with Gasteiger partial charge in [0.05, 0.1) is 11.6 Å². The molecule has 1 heterocycles. The van der Waals surface area contributed by atoms with Gasteiger partial charge in [-0.05, 0) is 37.3 Å². The first kappa shape index (κ1) is 12.4. The minimum atomic E-state index is -0.102. The summed E-state index contributed by atoms with van der Waals surface area (Å²) in [6.45, 7) is 0.936. The van der Waals surface area contributed by atoms with Crippen LogP contribution in [0.3, 0.4) is 0 Å². The fraction of sp³-hybridized carbons (Fsp3) is 0.438. The van der Waals surface area contributed by atoms with E-state index in [1.54, 1.807) is 0 Å². The van der Waals surface area contributed by atoms with Crippen LogP contribution in [0.15, 0.2) is 36.5 Å². The molecule has 1 aromatic heterocycles. The van der Waals surface area contributed by atoms with E-state index in [4.69, 9.17) is 0 Å². The number of anilines is 1. The Hall–Kier alpha value is -1.61. The van der Waals surface area contributed by atoms with Gasteiger partial charge in [-0.25, -0.2) is 0 Å². The van der Waals surface area contributed by atoms with E-state index in [9.17, 15) is 5.11 Å². The van der Waals surface area contributed by atoms with E-state index in [2.05, 4.69) is 16.4 Å². The van der Waals surface area contributed by atoms with Gasteiger partial charge in [-0.2, -0.15) is 0 Å². The molecule has 3 rings (SSSR count). The third-order valence-corrected chi connectivity index (χ3v) is 3.99. The first-order chi connectivity index (χ1) is 9.33. The van der Waals surface area contributed by atoms with Crippen LogP contribution in [0.5, 0.6) is 0 Å². The van der Waals surface area contributed by atoms with E-state index in [1.807, 2.05) is 30.5 Å². The van der Waals surface area contributed by atoms with Crippen molar-refractivity contribution < 1.29 is 5.11 Å².